The molecule has 2 heterocycles. The molecule has 6 heteroatoms. The van der Waals surface area contributed by atoms with Crippen LogP contribution in [-0.4, -0.2) is 48.6 Å². The molecule has 0 radical (unpaired) electrons. The van der Waals surface area contributed by atoms with E-state index >= 15 is 0 Å². The van der Waals surface area contributed by atoms with Crippen LogP contribution in [0.2, 0.25) is 0 Å². The minimum absolute atomic E-state index is 0.00985. The number of amides is 1. The number of hydrogen-bond donors (Lipinski definition) is 1. The van der Waals surface area contributed by atoms with E-state index < -0.39 is 0 Å². The molecule has 1 aromatic heterocycles. The summed E-state index contributed by atoms with van der Waals surface area (Å²) in [6.07, 6.45) is 9.91. The van der Waals surface area contributed by atoms with Crippen LogP contribution in [0.5, 0.6) is 0 Å². The molecule has 5 nitrogen and oxygen atoms in total. The maximum absolute atomic E-state index is 13.0. The summed E-state index contributed by atoms with van der Waals surface area (Å²) in [5.41, 5.74) is 1.01. The van der Waals surface area contributed by atoms with Crippen molar-refractivity contribution in [2.45, 2.75) is 44.4 Å². The number of allylic oxidation sites excluding steroid dienone is 3. The van der Waals surface area contributed by atoms with Gasteiger partial charge in [-0.2, -0.15) is 0 Å². The Morgan fingerprint density at radius 2 is 2.33 bits per heavy atom. The van der Waals surface area contributed by atoms with Crippen molar-refractivity contribution < 1.29 is 9.53 Å². The van der Waals surface area contributed by atoms with Crippen molar-refractivity contribution in [3.63, 3.8) is 0 Å². The second kappa shape index (κ2) is 10.5. The first-order valence-electron chi connectivity index (χ1n) is 9.38. The van der Waals surface area contributed by atoms with Crippen molar-refractivity contribution in [2.24, 2.45) is 5.92 Å². The van der Waals surface area contributed by atoms with Crippen molar-refractivity contribution in [3.8, 4) is 0 Å². The standard InChI is InChI=1S/C21H31N3O2S/c1-6-9-16(7-2)14-17(21-22-11-13-27-21)23-20(25)15(3)19(26-5)18-10-8-12-24(18)4/h6-7,9,11,13,15,17-19H,1-2,8,10,12,14H2,3-5H3,(H,23,25)/b16-9+. The van der Waals surface area contributed by atoms with Gasteiger partial charge in [0.1, 0.15) is 5.01 Å². The van der Waals surface area contributed by atoms with Crippen LogP contribution in [0.25, 0.3) is 0 Å². The van der Waals surface area contributed by atoms with Gasteiger partial charge in [-0.1, -0.05) is 38.3 Å². The normalized spacial score (nSPS) is 21.4. The van der Waals surface area contributed by atoms with Crippen LogP contribution in [0, 0.1) is 5.92 Å². The van der Waals surface area contributed by atoms with Gasteiger partial charge in [0.05, 0.1) is 18.1 Å². The number of aromatic nitrogens is 1. The molecule has 0 spiro atoms. The molecule has 4 unspecified atom stereocenters. The highest BCUT2D eigenvalue weighted by atomic mass is 32.1. The smallest absolute Gasteiger partial charge is 0.226 e. The lowest BCUT2D eigenvalue weighted by atomic mass is 9.94. The Bertz CT molecular complexity index is 656. The second-order valence-corrected chi connectivity index (χ2v) is 7.92. The third-order valence-corrected chi connectivity index (χ3v) is 6.12. The zero-order valence-corrected chi connectivity index (χ0v) is 17.4. The summed E-state index contributed by atoms with van der Waals surface area (Å²) in [5, 5.41) is 6.00. The lowest BCUT2D eigenvalue weighted by Crippen LogP contribution is -2.47. The first-order valence-corrected chi connectivity index (χ1v) is 10.3. The van der Waals surface area contributed by atoms with Crippen molar-refractivity contribution in [1.29, 1.82) is 0 Å². The zero-order valence-electron chi connectivity index (χ0n) is 16.6. The average Bonchev–Trinajstić information content (AvgIpc) is 3.33. The van der Waals surface area contributed by atoms with Gasteiger partial charge in [-0.15, -0.1) is 11.3 Å². The first-order chi connectivity index (χ1) is 13.0. The van der Waals surface area contributed by atoms with Gasteiger partial charge in [-0.25, -0.2) is 4.98 Å². The topological polar surface area (TPSA) is 54.5 Å². The quantitative estimate of drug-likeness (QED) is 0.620. The van der Waals surface area contributed by atoms with Crippen LogP contribution >= 0.6 is 11.3 Å². The van der Waals surface area contributed by atoms with Crippen LogP contribution < -0.4 is 5.32 Å². The van der Waals surface area contributed by atoms with Gasteiger partial charge < -0.3 is 15.0 Å². The summed E-state index contributed by atoms with van der Waals surface area (Å²) in [6, 6.07) is 0.0847. The first kappa shape index (κ1) is 21.5. The number of ether oxygens (including phenoxy) is 1. The Hall–Kier alpha value is -1.76. The van der Waals surface area contributed by atoms with Crippen LogP contribution in [0.3, 0.4) is 0 Å². The molecule has 1 aromatic rings. The zero-order chi connectivity index (χ0) is 19.8. The number of likely N-dealkylation sites (N-methyl/N-ethyl adjacent to an activating group) is 1. The predicted octanol–water partition coefficient (Wildman–Crippen LogP) is 3.73. The van der Waals surface area contributed by atoms with Crippen molar-refractivity contribution in [3.05, 3.63) is 53.5 Å². The van der Waals surface area contributed by atoms with Crippen molar-refractivity contribution in [2.75, 3.05) is 20.7 Å². The molecule has 1 saturated heterocycles. The summed E-state index contributed by atoms with van der Waals surface area (Å²) < 4.78 is 5.74. The van der Waals surface area contributed by atoms with Gasteiger partial charge in [-0.3, -0.25) is 4.79 Å². The molecule has 2 rings (SSSR count). The number of hydrogen-bond acceptors (Lipinski definition) is 5. The molecule has 1 aliphatic heterocycles. The summed E-state index contributed by atoms with van der Waals surface area (Å²) in [4.78, 5) is 19.7. The van der Waals surface area contributed by atoms with E-state index in [9.17, 15) is 4.79 Å². The van der Waals surface area contributed by atoms with E-state index in [1.165, 1.54) is 0 Å². The lowest BCUT2D eigenvalue weighted by Gasteiger charge is -2.32. The Kier molecular flexibility index (Phi) is 8.41. The molecule has 1 amide bonds. The summed E-state index contributed by atoms with van der Waals surface area (Å²) in [5.74, 6) is -0.261. The van der Waals surface area contributed by atoms with E-state index in [1.807, 2.05) is 18.4 Å². The third kappa shape index (κ3) is 5.61. The molecular weight excluding hydrogens is 358 g/mol. The predicted molar refractivity (Wildman–Crippen MR) is 112 cm³/mol. The fourth-order valence-electron chi connectivity index (χ4n) is 3.71. The van der Waals surface area contributed by atoms with E-state index in [0.29, 0.717) is 6.42 Å². The molecular formula is C21H31N3O2S. The van der Waals surface area contributed by atoms with Crippen LogP contribution in [0.15, 0.2) is 48.5 Å². The van der Waals surface area contributed by atoms with Gasteiger partial charge in [0.25, 0.3) is 0 Å². The average molecular weight is 390 g/mol. The maximum atomic E-state index is 13.0. The highest BCUT2D eigenvalue weighted by molar-refractivity contribution is 7.09. The Morgan fingerprint density at radius 3 is 2.85 bits per heavy atom. The SMILES string of the molecule is C=C/C=C(\C=C)CC(NC(=O)C(C)C(OC)C1CCCN1C)c1nccs1. The Labute approximate surface area is 166 Å². The van der Waals surface area contributed by atoms with E-state index in [1.54, 1.807) is 36.8 Å². The number of methoxy groups -OCH3 is 1. The Morgan fingerprint density at radius 1 is 1.56 bits per heavy atom. The summed E-state index contributed by atoms with van der Waals surface area (Å²) in [6.45, 7) is 10.6. The number of thiazole rings is 1. The number of likely N-dealkylation sites (tertiary alicyclic amines) is 1. The minimum Gasteiger partial charge on any atom is -0.379 e. The summed E-state index contributed by atoms with van der Waals surface area (Å²) in [7, 11) is 3.80. The highest BCUT2D eigenvalue weighted by Gasteiger charge is 2.36. The van der Waals surface area contributed by atoms with Crippen LogP contribution in [-0.2, 0) is 9.53 Å². The number of rotatable bonds is 10. The fourth-order valence-corrected chi connectivity index (χ4v) is 4.40. The van der Waals surface area contributed by atoms with Gasteiger partial charge in [-0.05, 0) is 38.4 Å². The molecule has 0 aliphatic carbocycles. The monoisotopic (exact) mass is 389 g/mol. The number of nitrogens with zero attached hydrogens (tertiary/aromatic N) is 2. The van der Waals surface area contributed by atoms with Gasteiger partial charge >= 0.3 is 0 Å². The van der Waals surface area contributed by atoms with Crippen molar-refractivity contribution in [1.82, 2.24) is 15.2 Å². The molecule has 0 aromatic carbocycles. The largest absolute Gasteiger partial charge is 0.379 e. The van der Waals surface area contributed by atoms with Gasteiger partial charge in [0.2, 0.25) is 5.91 Å². The molecule has 1 N–H and O–H groups in total. The third-order valence-electron chi connectivity index (χ3n) is 5.23. The minimum atomic E-state index is -0.251. The van der Waals surface area contributed by atoms with Crippen LogP contribution in [0.4, 0.5) is 0 Å². The van der Waals surface area contributed by atoms with Crippen LogP contribution in [0.1, 0.15) is 37.2 Å². The molecule has 148 valence electrons. The number of carbonyl (C=O) groups excluding carboxylic acids is 1. The summed E-state index contributed by atoms with van der Waals surface area (Å²) >= 11 is 1.54. The molecule has 0 bridgehead atoms. The van der Waals surface area contributed by atoms with Crippen molar-refractivity contribution >= 4 is 17.2 Å². The Balaban J connectivity index is 2.13. The molecule has 0 saturated carbocycles. The molecule has 1 fully saturated rings. The highest BCUT2D eigenvalue weighted by Crippen LogP contribution is 2.27. The maximum Gasteiger partial charge on any atom is 0.226 e. The molecule has 27 heavy (non-hydrogen) atoms. The van der Waals surface area contributed by atoms with Gasteiger partial charge in [0.15, 0.2) is 0 Å². The van der Waals surface area contributed by atoms with E-state index in [-0.39, 0.29) is 30.0 Å². The number of nitrogens with one attached hydrogen (secondary N) is 1. The second-order valence-electron chi connectivity index (χ2n) is 7.00. The van der Waals surface area contributed by atoms with E-state index in [4.69, 9.17) is 4.74 Å². The van der Waals surface area contributed by atoms with Gasteiger partial charge in [0, 0.05) is 24.7 Å². The molecule has 4 atom stereocenters. The number of carbonyl (C=O) groups is 1. The fraction of sp³-hybridized carbons (Fsp3) is 0.524. The lowest BCUT2D eigenvalue weighted by molar-refractivity contribution is -0.131. The van der Waals surface area contributed by atoms with E-state index in [0.717, 1.165) is 30.0 Å². The van der Waals surface area contributed by atoms with E-state index in [2.05, 4.69) is 35.4 Å². The molecule has 1 aliphatic rings.